The molecule has 0 radical (unpaired) electrons. The minimum atomic E-state index is -0.642. The van der Waals surface area contributed by atoms with Gasteiger partial charge in [0.15, 0.2) is 0 Å². The first kappa shape index (κ1) is 14.6. The molecule has 3 nitrogen and oxygen atoms in total. The largest absolute Gasteiger partial charge is 0.491 e. The van der Waals surface area contributed by atoms with Gasteiger partial charge in [-0.05, 0) is 29.7 Å². The summed E-state index contributed by atoms with van der Waals surface area (Å²) < 4.78 is 5.56. The molecule has 0 heterocycles. The minimum Gasteiger partial charge on any atom is -0.491 e. The maximum atomic E-state index is 10.00. The number of aliphatic hydroxyl groups excluding tert-OH is 2. The average Bonchev–Trinajstić information content (AvgIpc) is 2.53. The molecule has 0 bridgehead atoms. The van der Waals surface area contributed by atoms with E-state index in [0.717, 1.165) is 11.1 Å². The summed E-state index contributed by atoms with van der Waals surface area (Å²) in [5.74, 6) is 0.687. The molecule has 0 aromatic heterocycles. The first-order valence-electron chi connectivity index (χ1n) is 6.84. The molecule has 0 saturated carbocycles. The molecule has 0 aliphatic carbocycles. The molecule has 0 saturated heterocycles. The highest BCUT2D eigenvalue weighted by molar-refractivity contribution is 5.28. The van der Waals surface area contributed by atoms with Gasteiger partial charge in [-0.3, -0.25) is 0 Å². The van der Waals surface area contributed by atoms with Crippen molar-refractivity contribution in [2.75, 3.05) is 6.61 Å². The van der Waals surface area contributed by atoms with Crippen molar-refractivity contribution in [3.05, 3.63) is 65.7 Å². The van der Waals surface area contributed by atoms with Crippen molar-refractivity contribution < 1.29 is 14.9 Å². The lowest BCUT2D eigenvalue weighted by molar-refractivity contribution is 0.108. The number of hydrogen-bond acceptors (Lipinski definition) is 3. The van der Waals surface area contributed by atoms with Gasteiger partial charge in [-0.1, -0.05) is 49.4 Å². The van der Waals surface area contributed by atoms with Crippen molar-refractivity contribution in [3.63, 3.8) is 0 Å². The summed E-state index contributed by atoms with van der Waals surface area (Å²) in [6, 6.07) is 16.7. The molecule has 20 heavy (non-hydrogen) atoms. The second kappa shape index (κ2) is 7.08. The van der Waals surface area contributed by atoms with Crippen LogP contribution in [0.3, 0.4) is 0 Å². The van der Waals surface area contributed by atoms with Gasteiger partial charge >= 0.3 is 0 Å². The molecule has 2 N–H and O–H groups in total. The zero-order valence-electron chi connectivity index (χ0n) is 11.6. The third-order valence-electron chi connectivity index (χ3n) is 3.24. The third kappa shape index (κ3) is 3.83. The standard InChI is InChI=1S/C17H20O3/c1-2-16(18)14-8-10-15(11-9-14)20-12-17(19)13-6-4-3-5-7-13/h3-11,16-19H,2,12H2,1H3/t16-,17?/m1/s1. The van der Waals surface area contributed by atoms with Crippen LogP contribution in [0.5, 0.6) is 5.75 Å². The predicted molar refractivity (Wildman–Crippen MR) is 78.6 cm³/mol. The Balaban J connectivity index is 1.91. The van der Waals surface area contributed by atoms with Crippen molar-refractivity contribution in [1.29, 1.82) is 0 Å². The van der Waals surface area contributed by atoms with Gasteiger partial charge in [0.25, 0.3) is 0 Å². The van der Waals surface area contributed by atoms with Crippen molar-refractivity contribution in [2.24, 2.45) is 0 Å². The Morgan fingerprint density at radius 1 is 0.850 bits per heavy atom. The SMILES string of the molecule is CC[C@@H](O)c1ccc(OCC(O)c2ccccc2)cc1. The lowest BCUT2D eigenvalue weighted by Gasteiger charge is -2.13. The lowest BCUT2D eigenvalue weighted by Crippen LogP contribution is -2.09. The molecule has 2 atom stereocenters. The molecule has 2 rings (SSSR count). The summed E-state index contributed by atoms with van der Waals surface area (Å²) in [6.07, 6.45) is -0.386. The number of hydrogen-bond donors (Lipinski definition) is 2. The monoisotopic (exact) mass is 272 g/mol. The number of benzene rings is 2. The summed E-state index contributed by atoms with van der Waals surface area (Å²) in [7, 11) is 0. The Labute approximate surface area is 119 Å². The van der Waals surface area contributed by atoms with E-state index in [1.807, 2.05) is 61.5 Å². The van der Waals surface area contributed by atoms with E-state index in [0.29, 0.717) is 12.2 Å². The van der Waals surface area contributed by atoms with Crippen LogP contribution in [-0.2, 0) is 0 Å². The highest BCUT2D eigenvalue weighted by atomic mass is 16.5. The van der Waals surface area contributed by atoms with E-state index in [1.54, 1.807) is 0 Å². The van der Waals surface area contributed by atoms with Crippen LogP contribution in [0.4, 0.5) is 0 Å². The quantitative estimate of drug-likeness (QED) is 0.848. The van der Waals surface area contributed by atoms with Crippen LogP contribution in [0.2, 0.25) is 0 Å². The average molecular weight is 272 g/mol. The zero-order valence-corrected chi connectivity index (χ0v) is 11.6. The summed E-state index contributed by atoms with van der Waals surface area (Å²) >= 11 is 0. The molecule has 0 fully saturated rings. The third-order valence-corrected chi connectivity index (χ3v) is 3.24. The molecule has 3 heteroatoms. The number of rotatable bonds is 6. The maximum absolute atomic E-state index is 10.00. The van der Waals surface area contributed by atoms with E-state index >= 15 is 0 Å². The van der Waals surface area contributed by atoms with E-state index in [-0.39, 0.29) is 6.61 Å². The fourth-order valence-electron chi connectivity index (χ4n) is 1.97. The highest BCUT2D eigenvalue weighted by Gasteiger charge is 2.08. The van der Waals surface area contributed by atoms with Crippen LogP contribution in [0, 0.1) is 0 Å². The second-order valence-electron chi connectivity index (χ2n) is 4.73. The van der Waals surface area contributed by atoms with E-state index in [4.69, 9.17) is 4.74 Å². The first-order chi connectivity index (χ1) is 9.70. The van der Waals surface area contributed by atoms with E-state index in [1.165, 1.54) is 0 Å². The van der Waals surface area contributed by atoms with Gasteiger partial charge in [-0.25, -0.2) is 0 Å². The van der Waals surface area contributed by atoms with Crippen LogP contribution < -0.4 is 4.74 Å². The predicted octanol–water partition coefficient (Wildman–Crippen LogP) is 3.24. The Morgan fingerprint density at radius 2 is 1.45 bits per heavy atom. The molecular weight excluding hydrogens is 252 g/mol. The van der Waals surface area contributed by atoms with E-state index in [2.05, 4.69) is 0 Å². The van der Waals surface area contributed by atoms with Gasteiger partial charge in [-0.15, -0.1) is 0 Å². The van der Waals surface area contributed by atoms with Gasteiger partial charge in [0, 0.05) is 0 Å². The van der Waals surface area contributed by atoms with Gasteiger partial charge in [0.1, 0.15) is 18.5 Å². The van der Waals surface area contributed by atoms with Crippen LogP contribution in [-0.4, -0.2) is 16.8 Å². The Morgan fingerprint density at radius 3 is 2.05 bits per heavy atom. The lowest BCUT2D eigenvalue weighted by atomic mass is 10.1. The first-order valence-corrected chi connectivity index (χ1v) is 6.84. The van der Waals surface area contributed by atoms with Crippen LogP contribution >= 0.6 is 0 Å². The summed E-state index contributed by atoms with van der Waals surface area (Å²) in [4.78, 5) is 0. The Kier molecular flexibility index (Phi) is 5.16. The fraction of sp³-hybridized carbons (Fsp3) is 0.294. The van der Waals surface area contributed by atoms with Gasteiger partial charge < -0.3 is 14.9 Å². The van der Waals surface area contributed by atoms with Crippen molar-refractivity contribution >= 4 is 0 Å². The smallest absolute Gasteiger partial charge is 0.119 e. The van der Waals surface area contributed by atoms with Crippen molar-refractivity contribution in [1.82, 2.24) is 0 Å². The van der Waals surface area contributed by atoms with E-state index < -0.39 is 12.2 Å². The second-order valence-corrected chi connectivity index (χ2v) is 4.73. The normalized spacial score (nSPS) is 13.8. The Hall–Kier alpha value is -1.84. The van der Waals surface area contributed by atoms with E-state index in [9.17, 15) is 10.2 Å². The molecule has 0 aliphatic rings. The summed E-state index contributed by atoms with van der Waals surface area (Å²) in [5.41, 5.74) is 1.72. The van der Waals surface area contributed by atoms with Crippen LogP contribution in [0.1, 0.15) is 36.7 Å². The summed E-state index contributed by atoms with van der Waals surface area (Å²) in [5, 5.41) is 19.7. The fourth-order valence-corrected chi connectivity index (χ4v) is 1.97. The van der Waals surface area contributed by atoms with Gasteiger partial charge in [-0.2, -0.15) is 0 Å². The number of aliphatic hydroxyl groups is 2. The highest BCUT2D eigenvalue weighted by Crippen LogP contribution is 2.21. The van der Waals surface area contributed by atoms with Crippen LogP contribution in [0.15, 0.2) is 54.6 Å². The maximum Gasteiger partial charge on any atom is 0.119 e. The van der Waals surface area contributed by atoms with Crippen molar-refractivity contribution in [2.45, 2.75) is 25.6 Å². The topological polar surface area (TPSA) is 49.7 Å². The number of ether oxygens (including phenoxy) is 1. The molecule has 0 spiro atoms. The molecule has 2 aromatic rings. The zero-order chi connectivity index (χ0) is 14.4. The molecular formula is C17H20O3. The molecule has 2 aromatic carbocycles. The van der Waals surface area contributed by atoms with Crippen LogP contribution in [0.25, 0.3) is 0 Å². The molecule has 0 aliphatic heterocycles. The van der Waals surface area contributed by atoms with Crippen molar-refractivity contribution in [3.8, 4) is 5.75 Å². The van der Waals surface area contributed by atoms with Gasteiger partial charge in [0.2, 0.25) is 0 Å². The molecule has 0 amide bonds. The molecule has 106 valence electrons. The molecule has 1 unspecified atom stereocenters. The van der Waals surface area contributed by atoms with Gasteiger partial charge in [0.05, 0.1) is 6.10 Å². The summed E-state index contributed by atoms with van der Waals surface area (Å²) in [6.45, 7) is 2.14. The minimum absolute atomic E-state index is 0.208. The Bertz CT molecular complexity index is 508.